The average molecular weight is 403 g/mol. The smallest absolute Gasteiger partial charge is 0.339 e. The Labute approximate surface area is 171 Å². The van der Waals surface area contributed by atoms with Gasteiger partial charge < -0.3 is 15.0 Å². The minimum atomic E-state index is -1.06. The van der Waals surface area contributed by atoms with Gasteiger partial charge in [-0.1, -0.05) is 6.07 Å². The summed E-state index contributed by atoms with van der Waals surface area (Å²) < 4.78 is 3.33. The van der Waals surface area contributed by atoms with E-state index in [1.165, 1.54) is 10.6 Å². The minimum absolute atomic E-state index is 0.00539. The number of fused-ring (bicyclic) bond motifs is 2. The Morgan fingerprint density at radius 3 is 2.77 bits per heavy atom. The highest BCUT2D eigenvalue weighted by atomic mass is 16.4. The van der Waals surface area contributed by atoms with Crippen LogP contribution in [0.15, 0.2) is 47.5 Å². The fourth-order valence-electron chi connectivity index (χ4n) is 4.18. The average Bonchev–Trinajstić information content (AvgIpc) is 3.13. The number of rotatable bonds is 3. The molecule has 0 radical (unpaired) electrons. The van der Waals surface area contributed by atoms with E-state index in [9.17, 15) is 14.7 Å². The van der Waals surface area contributed by atoms with E-state index in [1.807, 2.05) is 29.0 Å². The molecule has 8 heteroatoms. The van der Waals surface area contributed by atoms with Gasteiger partial charge in [0.05, 0.1) is 17.6 Å². The fourth-order valence-corrected chi connectivity index (χ4v) is 4.18. The lowest BCUT2D eigenvalue weighted by Gasteiger charge is -2.25. The Morgan fingerprint density at radius 2 is 2.00 bits per heavy atom. The van der Waals surface area contributed by atoms with E-state index in [0.717, 1.165) is 36.9 Å². The number of aryl methyl sites for hydroxylation is 1. The molecule has 4 aromatic rings. The van der Waals surface area contributed by atoms with Gasteiger partial charge in [-0.05, 0) is 62.5 Å². The number of carboxylic acid groups (broad SMARTS) is 1. The minimum Gasteiger partial charge on any atom is -0.478 e. The molecule has 0 spiro atoms. The molecule has 5 rings (SSSR count). The van der Waals surface area contributed by atoms with Gasteiger partial charge in [0.25, 0.3) is 5.56 Å². The maximum absolute atomic E-state index is 13.0. The second-order valence-corrected chi connectivity index (χ2v) is 7.71. The van der Waals surface area contributed by atoms with E-state index in [1.54, 1.807) is 19.2 Å². The molecular formula is C22H21N5O3. The number of imidazole rings is 1. The van der Waals surface area contributed by atoms with Crippen LogP contribution >= 0.6 is 0 Å². The molecule has 0 aliphatic carbocycles. The summed E-state index contributed by atoms with van der Waals surface area (Å²) in [6.45, 7) is 3.63. The molecule has 0 saturated carbocycles. The molecule has 1 aliphatic heterocycles. The molecule has 152 valence electrons. The van der Waals surface area contributed by atoms with E-state index in [0.29, 0.717) is 22.4 Å². The quantitative estimate of drug-likeness (QED) is 0.545. The van der Waals surface area contributed by atoms with Gasteiger partial charge in [0, 0.05) is 23.2 Å². The molecular weight excluding hydrogens is 382 g/mol. The number of piperidine rings is 1. The summed E-state index contributed by atoms with van der Waals surface area (Å²) in [4.78, 5) is 29.0. The van der Waals surface area contributed by atoms with E-state index in [2.05, 4.69) is 15.4 Å². The molecule has 3 aromatic heterocycles. The van der Waals surface area contributed by atoms with Crippen LogP contribution in [0.4, 0.5) is 0 Å². The van der Waals surface area contributed by atoms with Crippen molar-refractivity contribution in [2.75, 3.05) is 13.1 Å². The number of nitrogens with zero attached hydrogens (tertiary/aromatic N) is 4. The Kier molecular flexibility index (Phi) is 4.36. The SMILES string of the molecule is Cc1cn2nc(-c3ccc4c(=O)n(C5CCNCC5)ccc4c3)cc(C(=O)O)c2n1. The van der Waals surface area contributed by atoms with Crippen LogP contribution in [0, 0.1) is 6.92 Å². The number of aromatic carboxylic acids is 1. The van der Waals surface area contributed by atoms with Gasteiger partial charge in [0.15, 0.2) is 5.65 Å². The number of carboxylic acids is 1. The first-order valence-corrected chi connectivity index (χ1v) is 9.97. The third kappa shape index (κ3) is 3.05. The first-order valence-electron chi connectivity index (χ1n) is 9.97. The van der Waals surface area contributed by atoms with Crippen LogP contribution in [0.1, 0.15) is 34.9 Å². The molecule has 0 unspecified atom stereocenters. The van der Waals surface area contributed by atoms with E-state index in [4.69, 9.17) is 0 Å². The summed E-state index contributed by atoms with van der Waals surface area (Å²) >= 11 is 0. The standard InChI is InChI=1S/C22H21N5O3/c1-13-12-27-20(24-13)18(22(29)30)11-19(25-27)15-2-3-17-14(10-15)6-9-26(21(17)28)16-4-7-23-8-5-16/h2-3,6,9-12,16,23H,4-5,7-8H2,1H3,(H,29,30). The van der Waals surface area contributed by atoms with Crippen molar-refractivity contribution in [2.45, 2.75) is 25.8 Å². The van der Waals surface area contributed by atoms with Crippen molar-refractivity contribution >= 4 is 22.4 Å². The van der Waals surface area contributed by atoms with Gasteiger partial charge in [-0.25, -0.2) is 14.3 Å². The zero-order valence-corrected chi connectivity index (χ0v) is 16.5. The molecule has 4 heterocycles. The van der Waals surface area contributed by atoms with Crippen LogP contribution < -0.4 is 10.9 Å². The highest BCUT2D eigenvalue weighted by Gasteiger charge is 2.18. The summed E-state index contributed by atoms with van der Waals surface area (Å²) in [7, 11) is 0. The van der Waals surface area contributed by atoms with Gasteiger partial charge >= 0.3 is 5.97 Å². The lowest BCUT2D eigenvalue weighted by atomic mass is 10.0. The predicted octanol–water partition coefficient (Wildman–Crippen LogP) is 2.64. The normalized spacial score (nSPS) is 15.1. The van der Waals surface area contributed by atoms with Crippen LogP contribution in [0.3, 0.4) is 0 Å². The Bertz CT molecular complexity index is 1350. The summed E-state index contributed by atoms with van der Waals surface area (Å²) in [5.41, 5.74) is 2.37. The third-order valence-electron chi connectivity index (χ3n) is 5.71. The Balaban J connectivity index is 1.62. The summed E-state index contributed by atoms with van der Waals surface area (Å²) in [5.74, 6) is -1.06. The lowest BCUT2D eigenvalue weighted by molar-refractivity contribution is 0.0698. The van der Waals surface area contributed by atoms with E-state index in [-0.39, 0.29) is 17.2 Å². The van der Waals surface area contributed by atoms with Crippen molar-refractivity contribution in [3.8, 4) is 11.3 Å². The monoisotopic (exact) mass is 403 g/mol. The maximum atomic E-state index is 13.0. The molecule has 0 bridgehead atoms. The Morgan fingerprint density at radius 1 is 1.20 bits per heavy atom. The van der Waals surface area contributed by atoms with Crippen LogP contribution in [-0.4, -0.2) is 43.3 Å². The van der Waals surface area contributed by atoms with Gasteiger partial charge in [-0.3, -0.25) is 4.79 Å². The molecule has 1 aliphatic rings. The zero-order valence-electron chi connectivity index (χ0n) is 16.5. The number of aromatic nitrogens is 4. The van der Waals surface area contributed by atoms with Crippen molar-refractivity contribution in [2.24, 2.45) is 0 Å². The number of carbonyl (C=O) groups is 1. The van der Waals surface area contributed by atoms with Crippen LogP contribution in [0.5, 0.6) is 0 Å². The van der Waals surface area contributed by atoms with Crippen molar-refractivity contribution in [1.82, 2.24) is 24.5 Å². The fraction of sp³-hybridized carbons (Fsp3) is 0.273. The molecule has 2 N–H and O–H groups in total. The maximum Gasteiger partial charge on any atom is 0.339 e. The molecule has 1 aromatic carbocycles. The Hall–Kier alpha value is -3.52. The van der Waals surface area contributed by atoms with Crippen molar-refractivity contribution in [1.29, 1.82) is 0 Å². The van der Waals surface area contributed by atoms with Crippen molar-refractivity contribution in [3.63, 3.8) is 0 Å². The van der Waals surface area contributed by atoms with Gasteiger partial charge in [0.2, 0.25) is 0 Å². The predicted molar refractivity (Wildman–Crippen MR) is 113 cm³/mol. The van der Waals surface area contributed by atoms with Crippen molar-refractivity contribution < 1.29 is 9.90 Å². The largest absolute Gasteiger partial charge is 0.478 e. The highest BCUT2D eigenvalue weighted by molar-refractivity contribution is 5.96. The molecule has 0 atom stereocenters. The number of hydrogen-bond acceptors (Lipinski definition) is 5. The molecule has 30 heavy (non-hydrogen) atoms. The molecule has 1 saturated heterocycles. The summed E-state index contributed by atoms with van der Waals surface area (Å²) in [6.07, 6.45) is 5.44. The van der Waals surface area contributed by atoms with Crippen molar-refractivity contribution in [3.05, 3.63) is 64.3 Å². The number of pyridine rings is 1. The number of hydrogen-bond donors (Lipinski definition) is 2. The summed E-state index contributed by atoms with van der Waals surface area (Å²) in [5, 5.41) is 18.9. The molecule has 1 fully saturated rings. The molecule has 8 nitrogen and oxygen atoms in total. The van der Waals surface area contributed by atoms with E-state index >= 15 is 0 Å². The zero-order chi connectivity index (χ0) is 20.8. The van der Waals surface area contributed by atoms with E-state index < -0.39 is 5.97 Å². The van der Waals surface area contributed by atoms with Gasteiger partial charge in [-0.15, -0.1) is 0 Å². The van der Waals surface area contributed by atoms with Crippen LogP contribution in [-0.2, 0) is 0 Å². The molecule has 0 amide bonds. The second-order valence-electron chi connectivity index (χ2n) is 7.71. The lowest BCUT2D eigenvalue weighted by Crippen LogP contribution is -2.34. The first kappa shape index (κ1) is 18.5. The number of benzene rings is 1. The van der Waals surface area contributed by atoms with Crippen LogP contribution in [0.25, 0.3) is 27.7 Å². The number of nitrogens with one attached hydrogen (secondary N) is 1. The first-order chi connectivity index (χ1) is 14.5. The third-order valence-corrected chi connectivity index (χ3v) is 5.71. The van der Waals surface area contributed by atoms with Gasteiger partial charge in [-0.2, -0.15) is 5.10 Å². The van der Waals surface area contributed by atoms with Gasteiger partial charge in [0.1, 0.15) is 5.56 Å². The summed E-state index contributed by atoms with van der Waals surface area (Å²) in [6, 6.07) is 9.19. The second kappa shape index (κ2) is 7.07. The highest BCUT2D eigenvalue weighted by Crippen LogP contribution is 2.25. The topological polar surface area (TPSA) is 102 Å². The van der Waals surface area contributed by atoms with Crippen LogP contribution in [0.2, 0.25) is 0 Å².